The van der Waals surface area contributed by atoms with Gasteiger partial charge in [-0.3, -0.25) is 14.4 Å². The van der Waals surface area contributed by atoms with E-state index in [0.29, 0.717) is 19.4 Å². The Balaban J connectivity index is 2.09. The Labute approximate surface area is 204 Å². The van der Waals surface area contributed by atoms with Gasteiger partial charge in [-0.2, -0.15) is 0 Å². The van der Waals surface area contributed by atoms with Gasteiger partial charge in [0.15, 0.2) is 0 Å². The van der Waals surface area contributed by atoms with Crippen LogP contribution in [-0.4, -0.2) is 65.0 Å². The van der Waals surface area contributed by atoms with Crippen molar-refractivity contribution in [1.29, 1.82) is 0 Å². The van der Waals surface area contributed by atoms with Crippen LogP contribution in [-0.2, 0) is 25.6 Å². The number of aromatic amines is 1. The number of para-hydroxylation sites is 1. The zero-order valence-corrected chi connectivity index (χ0v) is 20.2. The van der Waals surface area contributed by atoms with Crippen molar-refractivity contribution in [3.8, 4) is 0 Å². The smallest absolute Gasteiger partial charge is 0.326 e. The molecule has 35 heavy (non-hydrogen) atoms. The predicted molar refractivity (Wildman–Crippen MR) is 132 cm³/mol. The van der Waals surface area contributed by atoms with Gasteiger partial charge in [0, 0.05) is 23.5 Å². The number of rotatable bonds is 14. The van der Waals surface area contributed by atoms with Gasteiger partial charge < -0.3 is 37.5 Å². The van der Waals surface area contributed by atoms with Crippen molar-refractivity contribution < 1.29 is 24.3 Å². The van der Waals surface area contributed by atoms with Crippen molar-refractivity contribution in [1.82, 2.24) is 20.9 Å². The summed E-state index contributed by atoms with van der Waals surface area (Å²) in [6, 6.07) is 4.57. The fraction of sp³-hybridized carbons (Fsp3) is 0.500. The van der Waals surface area contributed by atoms with Gasteiger partial charge in [0.05, 0.1) is 12.6 Å². The lowest BCUT2D eigenvalue weighted by Crippen LogP contribution is -2.55. The molecule has 0 aliphatic carbocycles. The van der Waals surface area contributed by atoms with Gasteiger partial charge >= 0.3 is 5.97 Å². The minimum Gasteiger partial charge on any atom is -0.480 e. The fourth-order valence-electron chi connectivity index (χ4n) is 3.68. The van der Waals surface area contributed by atoms with Crippen LogP contribution in [0, 0.1) is 5.92 Å². The molecule has 3 atom stereocenters. The van der Waals surface area contributed by atoms with Crippen LogP contribution in [0.4, 0.5) is 0 Å². The maximum absolute atomic E-state index is 13.0. The molecule has 11 nitrogen and oxygen atoms in total. The number of H-pyrrole nitrogens is 1. The standard InChI is InChI=1S/C24H36N6O5/c1-14(2)21(24(34)35)30-23(33)19(11-15-12-27-18-9-4-3-7-16(15)18)29-20(31)13-28-22(32)17(26)8-5-6-10-25/h3-4,7,9,12,14,17,19,21,27H,5-6,8,10-11,13,25-26H2,1-2H3,(H,28,32)(H,29,31)(H,30,33)(H,34,35). The van der Waals surface area contributed by atoms with Crippen LogP contribution in [0.2, 0.25) is 0 Å². The second-order valence-corrected chi connectivity index (χ2v) is 8.86. The highest BCUT2D eigenvalue weighted by molar-refractivity contribution is 5.93. The molecule has 0 saturated heterocycles. The quantitative estimate of drug-likeness (QED) is 0.182. The van der Waals surface area contributed by atoms with Crippen molar-refractivity contribution in [3.63, 3.8) is 0 Å². The first kappa shape index (κ1) is 27.8. The number of fused-ring (bicyclic) bond motifs is 1. The van der Waals surface area contributed by atoms with E-state index in [4.69, 9.17) is 11.5 Å². The summed E-state index contributed by atoms with van der Waals surface area (Å²) < 4.78 is 0. The van der Waals surface area contributed by atoms with Crippen LogP contribution in [0.1, 0.15) is 38.7 Å². The van der Waals surface area contributed by atoms with Crippen LogP contribution in [0.3, 0.4) is 0 Å². The van der Waals surface area contributed by atoms with Crippen molar-refractivity contribution in [2.24, 2.45) is 17.4 Å². The third-order valence-corrected chi connectivity index (χ3v) is 5.71. The largest absolute Gasteiger partial charge is 0.480 e. The predicted octanol–water partition coefficient (Wildman–Crippen LogP) is -0.00690. The molecule has 1 aromatic carbocycles. The topological polar surface area (TPSA) is 192 Å². The highest BCUT2D eigenvalue weighted by atomic mass is 16.4. The van der Waals surface area contributed by atoms with E-state index >= 15 is 0 Å². The molecular formula is C24H36N6O5. The molecule has 1 heterocycles. The molecular weight excluding hydrogens is 452 g/mol. The van der Waals surface area contributed by atoms with Gasteiger partial charge in [-0.15, -0.1) is 0 Å². The van der Waals surface area contributed by atoms with Crippen LogP contribution in [0.15, 0.2) is 30.5 Å². The van der Waals surface area contributed by atoms with Crippen molar-refractivity contribution in [2.75, 3.05) is 13.1 Å². The maximum Gasteiger partial charge on any atom is 0.326 e. The summed E-state index contributed by atoms with van der Waals surface area (Å²) in [5, 5.41) is 18.0. The number of benzene rings is 1. The van der Waals surface area contributed by atoms with Gasteiger partial charge in [-0.25, -0.2) is 4.79 Å². The van der Waals surface area contributed by atoms with E-state index in [1.807, 2.05) is 24.3 Å². The lowest BCUT2D eigenvalue weighted by Gasteiger charge is -2.23. The molecule has 2 aromatic rings. The van der Waals surface area contributed by atoms with Crippen molar-refractivity contribution in [3.05, 3.63) is 36.0 Å². The van der Waals surface area contributed by atoms with Crippen molar-refractivity contribution in [2.45, 2.75) is 57.7 Å². The number of aromatic nitrogens is 1. The van der Waals surface area contributed by atoms with Crippen molar-refractivity contribution >= 4 is 34.6 Å². The van der Waals surface area contributed by atoms with E-state index in [1.54, 1.807) is 20.0 Å². The molecule has 0 spiro atoms. The first-order valence-corrected chi connectivity index (χ1v) is 11.7. The van der Waals surface area contributed by atoms with Crippen LogP contribution < -0.4 is 27.4 Å². The van der Waals surface area contributed by atoms with E-state index in [-0.39, 0.29) is 18.9 Å². The first-order chi connectivity index (χ1) is 16.6. The van der Waals surface area contributed by atoms with E-state index in [9.17, 15) is 24.3 Å². The summed E-state index contributed by atoms with van der Waals surface area (Å²) in [5.74, 6) is -3.22. The minimum atomic E-state index is -1.17. The SMILES string of the molecule is CC(C)C(NC(=O)C(Cc1c[nH]c2ccccc12)NC(=O)CNC(=O)C(N)CCCCN)C(=O)O. The number of hydrogen-bond donors (Lipinski definition) is 7. The highest BCUT2D eigenvalue weighted by Crippen LogP contribution is 2.19. The average Bonchev–Trinajstić information content (AvgIpc) is 3.22. The van der Waals surface area contributed by atoms with Gasteiger partial charge in [-0.05, 0) is 36.9 Å². The third kappa shape index (κ3) is 8.37. The Morgan fingerprint density at radius 3 is 2.43 bits per heavy atom. The molecule has 0 aliphatic rings. The number of hydrogen-bond acceptors (Lipinski definition) is 6. The highest BCUT2D eigenvalue weighted by Gasteiger charge is 2.29. The molecule has 9 N–H and O–H groups in total. The molecule has 0 saturated carbocycles. The van der Waals surface area contributed by atoms with Gasteiger partial charge in [0.25, 0.3) is 0 Å². The van der Waals surface area contributed by atoms with E-state index in [2.05, 4.69) is 20.9 Å². The summed E-state index contributed by atoms with van der Waals surface area (Å²) in [6.07, 6.45) is 3.77. The van der Waals surface area contributed by atoms with Crippen LogP contribution >= 0.6 is 0 Å². The number of amides is 3. The number of aliphatic carboxylic acids is 1. The molecule has 0 radical (unpaired) electrons. The number of unbranched alkanes of at least 4 members (excludes halogenated alkanes) is 1. The Morgan fingerprint density at radius 2 is 1.77 bits per heavy atom. The lowest BCUT2D eigenvalue weighted by atomic mass is 10.0. The molecule has 3 unspecified atom stereocenters. The summed E-state index contributed by atoms with van der Waals surface area (Å²) >= 11 is 0. The van der Waals surface area contributed by atoms with Gasteiger partial charge in [0.2, 0.25) is 17.7 Å². The van der Waals surface area contributed by atoms with Crippen LogP contribution in [0.25, 0.3) is 10.9 Å². The molecule has 0 fully saturated rings. The summed E-state index contributed by atoms with van der Waals surface area (Å²) in [7, 11) is 0. The van der Waals surface area contributed by atoms with E-state index in [0.717, 1.165) is 22.9 Å². The Morgan fingerprint density at radius 1 is 1.06 bits per heavy atom. The van der Waals surface area contributed by atoms with Gasteiger partial charge in [0.1, 0.15) is 12.1 Å². The number of carbonyl (C=O) groups is 4. The van der Waals surface area contributed by atoms with E-state index in [1.165, 1.54) is 0 Å². The summed E-state index contributed by atoms with van der Waals surface area (Å²) in [4.78, 5) is 52.5. The first-order valence-electron chi connectivity index (χ1n) is 11.7. The number of carboxylic acid groups (broad SMARTS) is 1. The third-order valence-electron chi connectivity index (χ3n) is 5.71. The maximum atomic E-state index is 13.0. The second-order valence-electron chi connectivity index (χ2n) is 8.86. The molecule has 1 aromatic heterocycles. The summed E-state index contributed by atoms with van der Waals surface area (Å²) in [6.45, 7) is 3.50. The lowest BCUT2D eigenvalue weighted by molar-refractivity contribution is -0.143. The van der Waals surface area contributed by atoms with E-state index < -0.39 is 41.8 Å². The molecule has 192 valence electrons. The second kappa shape index (κ2) is 13.4. The minimum absolute atomic E-state index is 0.124. The molecule has 11 heteroatoms. The Hall–Kier alpha value is -3.44. The molecule has 0 aliphatic heterocycles. The average molecular weight is 489 g/mol. The monoisotopic (exact) mass is 488 g/mol. The normalized spacial score (nSPS) is 13.7. The number of nitrogens with one attached hydrogen (secondary N) is 4. The fourth-order valence-corrected chi connectivity index (χ4v) is 3.68. The molecule has 2 rings (SSSR count). The number of nitrogens with two attached hydrogens (primary N) is 2. The zero-order chi connectivity index (χ0) is 26.0. The number of carboxylic acids is 1. The zero-order valence-electron chi connectivity index (χ0n) is 20.2. The summed E-state index contributed by atoms with van der Waals surface area (Å²) in [5.41, 5.74) is 12.9. The molecule has 3 amide bonds. The van der Waals surface area contributed by atoms with Gasteiger partial charge in [-0.1, -0.05) is 38.5 Å². The number of carbonyl (C=O) groups excluding carboxylic acids is 3. The Bertz CT molecular complexity index is 1020. The van der Waals surface area contributed by atoms with Crippen LogP contribution in [0.5, 0.6) is 0 Å². The molecule has 0 bridgehead atoms. The Kier molecular flexibility index (Phi) is 10.7.